The first kappa shape index (κ1) is 57.4. The van der Waals surface area contributed by atoms with Gasteiger partial charge in [-0.1, -0.05) is 18.2 Å². The minimum atomic E-state index is -0.921. The fraction of sp³-hybridized carbons (Fsp3) is 0.534. The summed E-state index contributed by atoms with van der Waals surface area (Å²) in [4.78, 5) is 83.6. The third-order valence-corrected chi connectivity index (χ3v) is 15.8. The molecule has 1 aromatic heterocycles. The van der Waals surface area contributed by atoms with E-state index in [1.54, 1.807) is 12.1 Å². The molecule has 4 fully saturated rings. The molecule has 2 unspecified atom stereocenters. The van der Waals surface area contributed by atoms with Crippen molar-refractivity contribution in [2.75, 3.05) is 123 Å². The van der Waals surface area contributed by atoms with Crippen LogP contribution >= 0.6 is 0 Å². The van der Waals surface area contributed by atoms with Gasteiger partial charge >= 0.3 is 0 Å². The van der Waals surface area contributed by atoms with Crippen LogP contribution in [0.25, 0.3) is 11.3 Å². The minimum Gasteiger partial charge on any atom is -0.457 e. The molecule has 3 aromatic carbocycles. The first-order valence-corrected chi connectivity index (χ1v) is 27.4. The van der Waals surface area contributed by atoms with Crippen molar-refractivity contribution in [3.8, 4) is 22.8 Å². The van der Waals surface area contributed by atoms with E-state index in [0.29, 0.717) is 47.1 Å². The molecule has 6 aliphatic rings. The van der Waals surface area contributed by atoms with Gasteiger partial charge in [-0.15, -0.1) is 0 Å². The molecule has 0 radical (unpaired) electrons. The number of likely N-dealkylation sites (tertiary alicyclic amines) is 2. The predicted octanol–water partition coefficient (Wildman–Crippen LogP) is 5.80. The van der Waals surface area contributed by atoms with Gasteiger partial charge in [-0.3, -0.25) is 29.0 Å². The summed E-state index contributed by atoms with van der Waals surface area (Å²) in [5, 5.41) is 11.3. The molecule has 4 saturated heterocycles. The van der Waals surface area contributed by atoms with Crippen LogP contribution in [0.1, 0.15) is 94.9 Å². The van der Waals surface area contributed by atoms with Crippen LogP contribution in [0.4, 0.5) is 11.5 Å². The predicted molar refractivity (Wildman–Crippen MR) is 297 cm³/mol. The van der Waals surface area contributed by atoms with Crippen molar-refractivity contribution in [3.05, 3.63) is 89.5 Å². The Bertz CT molecular complexity index is 2490. The zero-order valence-electron chi connectivity index (χ0n) is 45.2. The molecule has 2 atom stereocenters. The van der Waals surface area contributed by atoms with E-state index in [0.717, 1.165) is 129 Å². The number of rotatable bonds is 16. The Hall–Kier alpha value is -6.31. The van der Waals surface area contributed by atoms with Crippen LogP contribution in [-0.2, 0) is 14.4 Å². The van der Waals surface area contributed by atoms with Crippen molar-refractivity contribution >= 4 is 48.6 Å². The Balaban J connectivity index is 0.000000206. The molecule has 7 heterocycles. The maximum atomic E-state index is 12.9. The average Bonchev–Trinajstić information content (AvgIpc) is 3.97. The number of nitrogens with one attached hydrogen (secondary N) is 2. The van der Waals surface area contributed by atoms with E-state index in [1.807, 2.05) is 79.7 Å². The van der Waals surface area contributed by atoms with Crippen LogP contribution in [0.2, 0.25) is 0 Å². The molecule has 4 aromatic rings. The van der Waals surface area contributed by atoms with Crippen molar-refractivity contribution in [2.45, 2.75) is 69.9 Å². The van der Waals surface area contributed by atoms with Gasteiger partial charge in [-0.2, -0.15) is 5.10 Å². The third-order valence-electron chi connectivity index (χ3n) is 15.8. The number of aromatic nitrogens is 2. The number of hydrogen-bond donors (Lipinski definition) is 3. The van der Waals surface area contributed by atoms with E-state index >= 15 is 0 Å². The zero-order chi connectivity index (χ0) is 54.0. The number of nitrogens with two attached hydrogens (primary N) is 1. The molecule has 0 aliphatic carbocycles. The quantitative estimate of drug-likeness (QED) is 0.0899. The number of carbonyl (C=O) groups is 6. The highest BCUT2D eigenvalue weighted by Crippen LogP contribution is 2.40. The summed E-state index contributed by atoms with van der Waals surface area (Å²) < 4.78 is 8.08. The maximum Gasteiger partial charge on any atom is 0.262 e. The van der Waals surface area contributed by atoms with E-state index in [-0.39, 0.29) is 12.8 Å². The summed E-state index contributed by atoms with van der Waals surface area (Å²) >= 11 is 0. The molecular weight excluding hydrogens is 963 g/mol. The lowest BCUT2D eigenvalue weighted by atomic mass is 9.86. The summed E-state index contributed by atoms with van der Waals surface area (Å²) in [5.74, 6) is 3.55. The lowest BCUT2D eigenvalue weighted by Crippen LogP contribution is -2.48. The van der Waals surface area contributed by atoms with Crippen LogP contribution in [0, 0.1) is 17.8 Å². The molecule has 0 bridgehead atoms. The molecular formula is C58H81N11O7. The van der Waals surface area contributed by atoms with Gasteiger partial charge in [0.25, 0.3) is 11.8 Å². The number of carbonyl (C=O) groups excluding carboxylic acids is 6. The molecule has 410 valence electrons. The second-order valence-electron chi connectivity index (χ2n) is 20.8. The first-order valence-electron chi connectivity index (χ1n) is 27.4. The van der Waals surface area contributed by atoms with Crippen molar-refractivity contribution < 1.29 is 33.5 Å². The van der Waals surface area contributed by atoms with Gasteiger partial charge in [-0.05, 0) is 178 Å². The summed E-state index contributed by atoms with van der Waals surface area (Å²) in [5.41, 5.74) is 8.39. The number of benzene rings is 3. The second-order valence-corrected chi connectivity index (χ2v) is 20.8. The highest BCUT2D eigenvalue weighted by Gasteiger charge is 2.41. The van der Waals surface area contributed by atoms with Gasteiger partial charge < -0.3 is 50.3 Å². The van der Waals surface area contributed by atoms with Gasteiger partial charge in [0.1, 0.15) is 35.6 Å². The van der Waals surface area contributed by atoms with Gasteiger partial charge in [0, 0.05) is 76.6 Å². The monoisotopic (exact) mass is 1040 g/mol. The SMILES string of the molecule is CN.CN1CCC(CN2CCC(C3CCNc4c(C=O)c(-c5ccc(Oc6ccccc6)cc5)nn43)CC2)CC1.CNC.O=CCCC(C=O)N1C(=O)c2ccc(N3CCC(CN4CCN(C=O)CC4)CC3)cc2C1=O. The topological polar surface area (TPSA) is 199 Å². The highest BCUT2D eigenvalue weighted by molar-refractivity contribution is 6.22. The zero-order valence-corrected chi connectivity index (χ0v) is 45.2. The number of piperazine rings is 1. The number of para-hydroxylation sites is 1. The average molecular weight is 1040 g/mol. The number of anilines is 2. The van der Waals surface area contributed by atoms with Crippen LogP contribution in [0.5, 0.6) is 11.5 Å². The minimum absolute atomic E-state index is 0.115. The van der Waals surface area contributed by atoms with E-state index in [1.165, 1.54) is 65.5 Å². The Labute approximate surface area is 449 Å². The number of hydrogen-bond acceptors (Lipinski definition) is 15. The van der Waals surface area contributed by atoms with Crippen molar-refractivity contribution in [2.24, 2.45) is 23.5 Å². The fourth-order valence-electron chi connectivity index (χ4n) is 11.6. The number of amides is 3. The van der Waals surface area contributed by atoms with Gasteiger partial charge in [0.15, 0.2) is 6.29 Å². The summed E-state index contributed by atoms with van der Waals surface area (Å²) in [7, 11) is 7.49. The number of piperidine rings is 3. The number of fused-ring (bicyclic) bond motifs is 2. The molecule has 10 rings (SSSR count). The smallest absolute Gasteiger partial charge is 0.262 e. The number of imide groups is 1. The number of aldehydes is 3. The van der Waals surface area contributed by atoms with Crippen LogP contribution in [-0.4, -0.2) is 191 Å². The molecule has 76 heavy (non-hydrogen) atoms. The third kappa shape index (κ3) is 14.4. The molecule has 3 amide bonds. The van der Waals surface area contributed by atoms with Crippen LogP contribution in [0.3, 0.4) is 0 Å². The molecule has 0 spiro atoms. The summed E-state index contributed by atoms with van der Waals surface area (Å²) in [6.07, 6.45) is 11.6. The van der Waals surface area contributed by atoms with E-state index in [2.05, 4.69) is 47.7 Å². The number of nitrogens with zero attached hydrogens (tertiary/aromatic N) is 8. The van der Waals surface area contributed by atoms with E-state index in [9.17, 15) is 28.8 Å². The molecule has 4 N–H and O–H groups in total. The highest BCUT2D eigenvalue weighted by atomic mass is 16.5. The summed E-state index contributed by atoms with van der Waals surface area (Å²) in [6, 6.07) is 22.4. The van der Waals surface area contributed by atoms with Crippen molar-refractivity contribution in [1.82, 2.24) is 39.6 Å². The van der Waals surface area contributed by atoms with Crippen LogP contribution in [0.15, 0.2) is 72.8 Å². The standard InChI is InChI=1S/C31H39N5O2.C24H30N4O5.C2H7N.CH5N/c1-34-17-12-23(13-18-34)21-35-19-14-24(15-20-35)29-11-16-32-31-28(22-37)30(33-36(29)31)25-7-9-27(10-8-25)38-26-5-3-2-4-6-26;29-13-1-2-20(16-30)28-23(32)21-4-3-19(14-22(21)24(28)33)27-7-5-18(6-8-27)15-25-9-11-26(17-31)12-10-25;1-3-2;1-2/h2-10,22-24,29,32H,11-21H2,1H3;3-4,13-14,16-18,20H,1-2,5-12,15H2;3H,1-2H3;2H2,1H3. The van der Waals surface area contributed by atoms with Crippen LogP contribution < -0.4 is 26.0 Å². The Morgan fingerprint density at radius 3 is 1.93 bits per heavy atom. The molecule has 18 nitrogen and oxygen atoms in total. The fourth-order valence-corrected chi connectivity index (χ4v) is 11.6. The summed E-state index contributed by atoms with van der Waals surface area (Å²) in [6.45, 7) is 13.2. The first-order chi connectivity index (χ1) is 37.1. The normalized spacial score (nSPS) is 20.1. The Kier molecular flexibility index (Phi) is 21.7. The largest absolute Gasteiger partial charge is 0.457 e. The Morgan fingerprint density at radius 1 is 0.724 bits per heavy atom. The van der Waals surface area contributed by atoms with Crippen molar-refractivity contribution in [1.29, 1.82) is 0 Å². The number of ether oxygens (including phenoxy) is 1. The maximum absolute atomic E-state index is 12.9. The van der Waals surface area contributed by atoms with E-state index in [4.69, 9.17) is 9.84 Å². The Morgan fingerprint density at radius 2 is 1.33 bits per heavy atom. The molecule has 6 aliphatic heterocycles. The molecule has 0 saturated carbocycles. The van der Waals surface area contributed by atoms with Gasteiger partial charge in [0.2, 0.25) is 6.41 Å². The van der Waals surface area contributed by atoms with Gasteiger partial charge in [-0.25, -0.2) is 4.68 Å². The van der Waals surface area contributed by atoms with Crippen molar-refractivity contribution in [3.63, 3.8) is 0 Å². The lowest BCUT2D eigenvalue weighted by molar-refractivity contribution is -0.119. The van der Waals surface area contributed by atoms with E-state index < -0.39 is 17.9 Å². The molecule has 18 heteroatoms. The lowest BCUT2D eigenvalue weighted by Gasteiger charge is -2.40. The second kappa shape index (κ2) is 28.7. The van der Waals surface area contributed by atoms with Gasteiger partial charge in [0.05, 0.1) is 28.8 Å².